The van der Waals surface area contributed by atoms with E-state index in [1.165, 1.54) is 4.90 Å². The van der Waals surface area contributed by atoms with Crippen molar-refractivity contribution in [3.8, 4) is 0 Å². The Balaban J connectivity index is 1.49. The maximum atomic E-state index is 13.8. The van der Waals surface area contributed by atoms with Crippen molar-refractivity contribution in [1.29, 1.82) is 0 Å². The molecule has 2 aromatic carbocycles. The van der Waals surface area contributed by atoms with Gasteiger partial charge in [-0.25, -0.2) is 4.68 Å². The van der Waals surface area contributed by atoms with Crippen LogP contribution in [0.1, 0.15) is 28.9 Å². The Morgan fingerprint density at radius 2 is 1.81 bits per heavy atom. The molecule has 5 rings (SSSR count). The Bertz CT molecular complexity index is 1460. The zero-order valence-corrected chi connectivity index (χ0v) is 19.7. The number of nitrogens with zero attached hydrogens (tertiary/aromatic N) is 4. The second-order valence-corrected chi connectivity index (χ2v) is 8.39. The first-order valence-electron chi connectivity index (χ1n) is 11.6. The quantitative estimate of drug-likeness (QED) is 0.340. The van der Waals surface area contributed by atoms with Crippen molar-refractivity contribution in [2.75, 3.05) is 0 Å². The maximum Gasteiger partial charge on any atom is 0.251 e. The van der Waals surface area contributed by atoms with Crippen LogP contribution in [0, 0.1) is 6.92 Å². The normalized spacial score (nSPS) is 11.9. The summed E-state index contributed by atoms with van der Waals surface area (Å²) in [6.07, 6.45) is 1.54. The molecule has 1 atom stereocenters. The van der Waals surface area contributed by atoms with E-state index in [0.29, 0.717) is 22.8 Å². The van der Waals surface area contributed by atoms with Gasteiger partial charge in [0.15, 0.2) is 6.04 Å². The van der Waals surface area contributed by atoms with Gasteiger partial charge in [0.05, 0.1) is 18.3 Å². The fraction of sp³-hybridized carbons (Fsp3) is 0.185. The third-order valence-corrected chi connectivity index (χ3v) is 5.83. The van der Waals surface area contributed by atoms with E-state index in [1.807, 2.05) is 54.6 Å². The van der Waals surface area contributed by atoms with Gasteiger partial charge in [-0.3, -0.25) is 9.59 Å². The van der Waals surface area contributed by atoms with Crippen molar-refractivity contribution < 1.29 is 18.4 Å². The molecule has 3 heterocycles. The number of amides is 2. The highest BCUT2D eigenvalue weighted by molar-refractivity contribution is 5.88. The molecule has 3 aromatic heterocycles. The lowest BCUT2D eigenvalue weighted by atomic mass is 10.1. The van der Waals surface area contributed by atoms with E-state index in [-0.39, 0.29) is 31.4 Å². The molecule has 0 unspecified atom stereocenters. The number of carbonyl (C=O) groups is 2. The van der Waals surface area contributed by atoms with Crippen molar-refractivity contribution >= 4 is 22.8 Å². The number of carbonyl (C=O) groups excluding carboxylic acids is 2. The first-order chi connectivity index (χ1) is 17.6. The van der Waals surface area contributed by atoms with Crippen LogP contribution in [0.15, 0.2) is 94.0 Å². The summed E-state index contributed by atoms with van der Waals surface area (Å²) in [7, 11) is 0. The van der Waals surface area contributed by atoms with E-state index in [9.17, 15) is 9.59 Å². The average Bonchev–Trinajstić information content (AvgIpc) is 3.65. The first-order valence-corrected chi connectivity index (χ1v) is 11.6. The molecule has 0 saturated heterocycles. The monoisotopic (exact) mass is 483 g/mol. The van der Waals surface area contributed by atoms with Gasteiger partial charge in [0.1, 0.15) is 29.3 Å². The van der Waals surface area contributed by atoms with Crippen LogP contribution in [0.4, 0.5) is 0 Å². The Kier molecular flexibility index (Phi) is 6.61. The Labute approximate surface area is 207 Å². The van der Waals surface area contributed by atoms with E-state index in [2.05, 4.69) is 15.6 Å². The second kappa shape index (κ2) is 10.3. The van der Waals surface area contributed by atoms with Gasteiger partial charge in [-0.05, 0) is 48.9 Å². The lowest BCUT2D eigenvalue weighted by Gasteiger charge is -2.30. The van der Waals surface area contributed by atoms with Gasteiger partial charge in [0, 0.05) is 6.54 Å². The summed E-state index contributed by atoms with van der Waals surface area (Å²) >= 11 is 0. The van der Waals surface area contributed by atoms with Gasteiger partial charge < -0.3 is 19.1 Å². The van der Waals surface area contributed by atoms with E-state index >= 15 is 0 Å². The van der Waals surface area contributed by atoms with Crippen LogP contribution in [0.25, 0.3) is 11.0 Å². The zero-order valence-electron chi connectivity index (χ0n) is 19.7. The van der Waals surface area contributed by atoms with E-state index in [4.69, 9.17) is 8.83 Å². The van der Waals surface area contributed by atoms with Crippen LogP contribution in [0.2, 0.25) is 0 Å². The van der Waals surface area contributed by atoms with E-state index in [1.54, 1.807) is 42.1 Å². The molecule has 2 amide bonds. The molecule has 0 aliphatic carbocycles. The highest BCUT2D eigenvalue weighted by Crippen LogP contribution is 2.26. The molecule has 9 heteroatoms. The molecule has 0 saturated carbocycles. The number of furan rings is 2. The molecule has 5 aromatic rings. The topological polar surface area (TPSA) is 106 Å². The number of aromatic nitrogens is 3. The van der Waals surface area contributed by atoms with Crippen molar-refractivity contribution in [2.24, 2.45) is 0 Å². The molecule has 9 nitrogen and oxygen atoms in total. The van der Waals surface area contributed by atoms with Crippen LogP contribution < -0.4 is 5.32 Å². The fourth-order valence-electron chi connectivity index (χ4n) is 4.07. The predicted molar refractivity (Wildman–Crippen MR) is 131 cm³/mol. The largest absolute Gasteiger partial charge is 0.467 e. The molecule has 0 aliphatic heterocycles. The minimum Gasteiger partial charge on any atom is -0.467 e. The average molecular weight is 484 g/mol. The Hall–Kier alpha value is -4.66. The van der Waals surface area contributed by atoms with Crippen molar-refractivity contribution in [2.45, 2.75) is 32.6 Å². The maximum absolute atomic E-state index is 13.8. The number of rotatable bonds is 9. The van der Waals surface area contributed by atoms with Crippen LogP contribution in [0.3, 0.4) is 0 Å². The number of aryl methyl sites for hydroxylation is 1. The van der Waals surface area contributed by atoms with Crippen molar-refractivity contribution in [3.05, 3.63) is 108 Å². The minimum absolute atomic E-state index is 0.0883. The summed E-state index contributed by atoms with van der Waals surface area (Å²) < 4.78 is 12.8. The van der Waals surface area contributed by atoms with Crippen molar-refractivity contribution in [3.63, 3.8) is 0 Å². The molecule has 36 heavy (non-hydrogen) atoms. The third-order valence-electron chi connectivity index (χ3n) is 5.83. The summed E-state index contributed by atoms with van der Waals surface area (Å²) in [5.74, 6) is 0.934. The van der Waals surface area contributed by atoms with Crippen LogP contribution >= 0.6 is 0 Å². The van der Waals surface area contributed by atoms with E-state index in [0.717, 1.165) is 11.1 Å². The van der Waals surface area contributed by atoms with Crippen molar-refractivity contribution in [1.82, 2.24) is 25.2 Å². The van der Waals surface area contributed by atoms with Crippen LogP contribution in [-0.4, -0.2) is 31.7 Å². The molecule has 0 bridgehead atoms. The van der Waals surface area contributed by atoms with Gasteiger partial charge in [-0.1, -0.05) is 47.7 Å². The number of nitrogens with one attached hydrogen (secondary N) is 1. The molecular formula is C27H25N5O4. The van der Waals surface area contributed by atoms with Gasteiger partial charge in [0.2, 0.25) is 5.91 Å². The summed E-state index contributed by atoms with van der Waals surface area (Å²) in [6.45, 7) is 2.09. The molecule has 0 radical (unpaired) electrons. The lowest BCUT2D eigenvalue weighted by Crippen LogP contribution is -2.44. The van der Waals surface area contributed by atoms with Gasteiger partial charge in [0.25, 0.3) is 5.91 Å². The highest BCUT2D eigenvalue weighted by Gasteiger charge is 2.34. The number of fused-ring (bicyclic) bond motifs is 1. The SMILES string of the molecule is Cc1ccc([C@H](C(=O)NCc2ccco2)N(Cc2ccccc2)C(=O)Cn2nnc3ccccc32)o1. The summed E-state index contributed by atoms with van der Waals surface area (Å²) in [5, 5.41) is 11.2. The molecule has 0 aliphatic rings. The molecule has 0 spiro atoms. The molecule has 182 valence electrons. The number of benzene rings is 2. The second-order valence-electron chi connectivity index (χ2n) is 8.39. The predicted octanol–water partition coefficient (Wildman–Crippen LogP) is 4.01. The zero-order chi connectivity index (χ0) is 24.9. The molecular weight excluding hydrogens is 458 g/mol. The Morgan fingerprint density at radius 1 is 1.00 bits per heavy atom. The summed E-state index contributed by atoms with van der Waals surface area (Å²) in [4.78, 5) is 28.9. The minimum atomic E-state index is -1.00. The van der Waals surface area contributed by atoms with Crippen LogP contribution in [-0.2, 0) is 29.2 Å². The van der Waals surface area contributed by atoms with E-state index < -0.39 is 6.04 Å². The van der Waals surface area contributed by atoms with Gasteiger partial charge >= 0.3 is 0 Å². The summed E-state index contributed by atoms with van der Waals surface area (Å²) in [5.41, 5.74) is 2.30. The fourth-order valence-corrected chi connectivity index (χ4v) is 4.07. The van der Waals surface area contributed by atoms with Crippen LogP contribution in [0.5, 0.6) is 0 Å². The van der Waals surface area contributed by atoms with Gasteiger partial charge in [-0.15, -0.1) is 5.10 Å². The smallest absolute Gasteiger partial charge is 0.251 e. The third kappa shape index (κ3) is 5.05. The number of hydrogen-bond donors (Lipinski definition) is 1. The summed E-state index contributed by atoms with van der Waals surface area (Å²) in [6, 6.07) is 23.0. The standard InChI is InChI=1S/C27H25N5O4/c1-19-13-14-24(36-19)26(27(34)28-16-21-10-7-15-35-21)31(17-20-8-3-2-4-9-20)25(33)18-32-23-12-6-5-11-22(23)29-30-32/h2-15,26H,16-18H2,1H3,(H,28,34)/t26-/m1/s1. The highest BCUT2D eigenvalue weighted by atomic mass is 16.3. The molecule has 1 N–H and O–H groups in total. The number of para-hydroxylation sites is 1. The number of hydrogen-bond acceptors (Lipinski definition) is 6. The Morgan fingerprint density at radius 3 is 2.56 bits per heavy atom. The van der Waals surface area contributed by atoms with Gasteiger partial charge in [-0.2, -0.15) is 0 Å². The molecule has 0 fully saturated rings. The first kappa shape index (κ1) is 23.1. The lowest BCUT2D eigenvalue weighted by molar-refractivity contribution is -0.143.